The molecule has 0 fully saturated rings. The van der Waals surface area contributed by atoms with Crippen molar-refractivity contribution in [2.45, 2.75) is 167 Å². The van der Waals surface area contributed by atoms with Crippen LogP contribution in [0.15, 0.2) is 85.1 Å². The van der Waals surface area contributed by atoms with E-state index in [0.717, 1.165) is 64.2 Å². The van der Waals surface area contributed by atoms with Crippen molar-refractivity contribution in [3.8, 4) is 0 Å². The topological polar surface area (TPSA) is 216 Å². The molecule has 0 aliphatic rings. The van der Waals surface area contributed by atoms with Crippen LogP contribution in [0.4, 0.5) is 0 Å². The minimum atomic E-state index is -4.89. The monoisotopic (exact) mass is 916 g/mol. The molecule has 0 bridgehead atoms. The zero-order valence-electron chi connectivity index (χ0n) is 37.3. The predicted molar refractivity (Wildman–Crippen MR) is 245 cm³/mol. The number of aliphatic hydroxyl groups excluding tert-OH is 2. The van der Waals surface area contributed by atoms with Crippen molar-refractivity contribution < 1.29 is 66.7 Å². The van der Waals surface area contributed by atoms with E-state index in [1.54, 1.807) is 12.2 Å². The number of allylic oxidation sites excluding steroid dienone is 13. The fourth-order valence-corrected chi connectivity index (χ4v) is 6.62. The molecule has 0 aliphatic carbocycles. The van der Waals surface area contributed by atoms with E-state index in [-0.39, 0.29) is 25.7 Å². The summed E-state index contributed by atoms with van der Waals surface area (Å²) in [6, 6.07) is 0. The van der Waals surface area contributed by atoms with E-state index >= 15 is 0 Å². The minimum Gasteiger partial charge on any atom is -0.462 e. The van der Waals surface area contributed by atoms with Gasteiger partial charge in [-0.2, -0.15) is 0 Å². The van der Waals surface area contributed by atoms with E-state index in [0.29, 0.717) is 6.42 Å². The van der Waals surface area contributed by atoms with Gasteiger partial charge in [-0.25, -0.2) is 9.13 Å². The smallest absolute Gasteiger partial charge is 0.462 e. The molecular formula is C46H78O14P2. The molecule has 4 atom stereocenters. The Bertz CT molecular complexity index is 1430. The quantitative estimate of drug-likeness (QED) is 0.0127. The predicted octanol–water partition coefficient (Wildman–Crippen LogP) is 10.5. The first kappa shape index (κ1) is 59.3. The number of esters is 2. The average Bonchev–Trinajstić information content (AvgIpc) is 3.22. The summed E-state index contributed by atoms with van der Waals surface area (Å²) in [5, 5.41) is 20.1. The second kappa shape index (κ2) is 41.0. The molecule has 356 valence electrons. The molecule has 0 saturated heterocycles. The van der Waals surface area contributed by atoms with Crippen LogP contribution in [0.3, 0.4) is 0 Å². The number of carbonyl (C=O) groups excluding carboxylic acids is 2. The molecule has 2 unspecified atom stereocenters. The number of phosphoric ester groups is 2. The Morgan fingerprint density at radius 3 is 1.68 bits per heavy atom. The van der Waals surface area contributed by atoms with Crippen molar-refractivity contribution in [2.75, 3.05) is 26.4 Å². The summed E-state index contributed by atoms with van der Waals surface area (Å²) in [6.07, 6.45) is 43.2. The first-order valence-electron chi connectivity index (χ1n) is 22.4. The average molecular weight is 917 g/mol. The van der Waals surface area contributed by atoms with Crippen LogP contribution in [0.2, 0.25) is 0 Å². The number of hydrogen-bond acceptors (Lipinski definition) is 11. The molecule has 16 heteroatoms. The lowest BCUT2D eigenvalue weighted by Gasteiger charge is -2.20. The molecule has 0 saturated carbocycles. The van der Waals surface area contributed by atoms with Crippen molar-refractivity contribution in [1.29, 1.82) is 0 Å². The molecule has 0 amide bonds. The molecule has 0 spiro atoms. The summed E-state index contributed by atoms with van der Waals surface area (Å²) in [5.74, 6) is -1.26. The van der Waals surface area contributed by atoms with Gasteiger partial charge in [-0.3, -0.25) is 23.2 Å². The van der Waals surface area contributed by atoms with Gasteiger partial charge in [-0.05, 0) is 77.0 Å². The third-order valence-electron chi connectivity index (χ3n) is 8.86. The minimum absolute atomic E-state index is 0.103. The highest BCUT2D eigenvalue weighted by Gasteiger charge is 2.28. The summed E-state index contributed by atoms with van der Waals surface area (Å²) in [4.78, 5) is 52.7. The van der Waals surface area contributed by atoms with Gasteiger partial charge in [-0.15, -0.1) is 0 Å². The number of phosphoric acid groups is 2. The standard InChI is InChI=1S/C46H78O14P2/c1-3-5-7-9-11-13-15-17-18-19-20-22-24-26-28-30-32-36-45(49)56-40-44(41-59-62(54,55)58-39-43(48)38-57-61(51,52)53)60-46(50)37-33-35-42(47)34-31-29-27-25-23-21-16-14-12-10-8-6-4-2/h5,7,11,13,17-18,20-23,27,29,31,34,42-44,47-48H,3-4,6,8-10,12,14-16,19,24-26,28,30,32-33,35-41H2,1-2H3,(H,54,55)(H2,51,52,53)/b7-5-,13-11-,18-17-,22-20-,23-21+,29-27+,34-31+/t42?,43-,44+/m0/s1. The molecule has 0 heterocycles. The van der Waals surface area contributed by atoms with Crippen LogP contribution in [0.1, 0.15) is 149 Å². The Morgan fingerprint density at radius 1 is 0.548 bits per heavy atom. The number of carbonyl (C=O) groups is 2. The number of aliphatic hydroxyl groups is 2. The molecule has 0 rings (SSSR count). The Labute approximate surface area is 371 Å². The number of ether oxygens (including phenoxy) is 2. The molecule has 0 aromatic carbocycles. The first-order valence-corrected chi connectivity index (χ1v) is 25.4. The van der Waals surface area contributed by atoms with Gasteiger partial charge in [0.1, 0.15) is 12.7 Å². The summed E-state index contributed by atoms with van der Waals surface area (Å²) >= 11 is 0. The van der Waals surface area contributed by atoms with Crippen LogP contribution in [-0.2, 0) is 41.8 Å². The van der Waals surface area contributed by atoms with Gasteiger partial charge in [0, 0.05) is 12.8 Å². The Hall–Kier alpha value is -2.74. The number of rotatable bonds is 41. The van der Waals surface area contributed by atoms with Crippen LogP contribution in [0.5, 0.6) is 0 Å². The van der Waals surface area contributed by atoms with Crippen LogP contribution >= 0.6 is 15.6 Å². The second-order valence-electron chi connectivity index (χ2n) is 14.8. The maximum atomic E-state index is 12.7. The van der Waals surface area contributed by atoms with Crippen molar-refractivity contribution in [3.63, 3.8) is 0 Å². The van der Waals surface area contributed by atoms with Crippen molar-refractivity contribution >= 4 is 27.6 Å². The SMILES string of the molecule is CC/C=C\C/C=C\C/C=C\C/C=C\CCCCCCC(=O)OC[C@H](COP(=O)(O)OC[C@@H](O)COP(=O)(O)O)OC(=O)CCCC(O)/C=C/C=C/C/C=C/CCCCCCCC. The van der Waals surface area contributed by atoms with Gasteiger partial charge >= 0.3 is 27.6 Å². The zero-order chi connectivity index (χ0) is 46.0. The molecule has 0 aromatic rings. The lowest BCUT2D eigenvalue weighted by Crippen LogP contribution is -2.30. The third-order valence-corrected chi connectivity index (χ3v) is 10.3. The summed E-state index contributed by atoms with van der Waals surface area (Å²) in [6.45, 7) is 1.38. The van der Waals surface area contributed by atoms with Gasteiger partial charge in [0.2, 0.25) is 0 Å². The maximum Gasteiger partial charge on any atom is 0.472 e. The van der Waals surface area contributed by atoms with E-state index in [4.69, 9.17) is 23.8 Å². The normalized spacial score (nSPS) is 15.3. The third kappa shape index (κ3) is 43.9. The van der Waals surface area contributed by atoms with Crippen molar-refractivity contribution in [3.05, 3.63) is 85.1 Å². The van der Waals surface area contributed by atoms with Crippen LogP contribution in [0, 0.1) is 0 Å². The Kier molecular flexibility index (Phi) is 39.2. The van der Waals surface area contributed by atoms with Gasteiger partial charge in [0.05, 0.1) is 25.9 Å². The van der Waals surface area contributed by atoms with Crippen LogP contribution < -0.4 is 0 Å². The lowest BCUT2D eigenvalue weighted by atomic mass is 10.1. The molecule has 14 nitrogen and oxygen atoms in total. The fourth-order valence-electron chi connectivity index (χ4n) is 5.46. The van der Waals surface area contributed by atoms with E-state index in [2.05, 4.69) is 83.7 Å². The van der Waals surface area contributed by atoms with Crippen LogP contribution in [-0.4, -0.2) is 81.6 Å². The Morgan fingerprint density at radius 2 is 1.06 bits per heavy atom. The lowest BCUT2D eigenvalue weighted by molar-refractivity contribution is -0.161. The molecule has 5 N–H and O–H groups in total. The largest absolute Gasteiger partial charge is 0.472 e. The highest BCUT2D eigenvalue weighted by Crippen LogP contribution is 2.43. The van der Waals surface area contributed by atoms with E-state index in [1.165, 1.54) is 38.5 Å². The van der Waals surface area contributed by atoms with Gasteiger partial charge in [0.15, 0.2) is 6.10 Å². The first-order chi connectivity index (χ1) is 29.8. The maximum absolute atomic E-state index is 12.7. The highest BCUT2D eigenvalue weighted by molar-refractivity contribution is 7.47. The van der Waals surface area contributed by atoms with Crippen molar-refractivity contribution in [1.82, 2.24) is 0 Å². The Balaban J connectivity index is 4.74. The van der Waals surface area contributed by atoms with E-state index < -0.39 is 72.3 Å². The van der Waals surface area contributed by atoms with Crippen molar-refractivity contribution in [2.24, 2.45) is 0 Å². The molecular weight excluding hydrogens is 838 g/mol. The number of unbranched alkanes of at least 4 members (excludes halogenated alkanes) is 10. The number of hydrogen-bond donors (Lipinski definition) is 5. The van der Waals surface area contributed by atoms with Gasteiger partial charge in [-0.1, -0.05) is 144 Å². The molecule has 0 radical (unpaired) electrons. The van der Waals surface area contributed by atoms with E-state index in [1.807, 2.05) is 12.2 Å². The van der Waals surface area contributed by atoms with Gasteiger partial charge in [0.25, 0.3) is 0 Å². The van der Waals surface area contributed by atoms with Gasteiger partial charge < -0.3 is 34.4 Å². The summed E-state index contributed by atoms with van der Waals surface area (Å²) < 4.78 is 47.6. The summed E-state index contributed by atoms with van der Waals surface area (Å²) in [7, 11) is -9.76. The molecule has 0 aromatic heterocycles. The van der Waals surface area contributed by atoms with Crippen LogP contribution in [0.25, 0.3) is 0 Å². The molecule has 0 aliphatic heterocycles. The highest BCUT2D eigenvalue weighted by atomic mass is 31.2. The zero-order valence-corrected chi connectivity index (χ0v) is 39.1. The van der Waals surface area contributed by atoms with E-state index in [9.17, 15) is 33.8 Å². The summed E-state index contributed by atoms with van der Waals surface area (Å²) in [5.41, 5.74) is 0. The molecule has 62 heavy (non-hydrogen) atoms. The second-order valence-corrected chi connectivity index (χ2v) is 17.5. The fraction of sp³-hybridized carbons (Fsp3) is 0.652.